The van der Waals surface area contributed by atoms with Crippen LogP contribution in [0.25, 0.3) is 22.6 Å². The van der Waals surface area contributed by atoms with Crippen molar-refractivity contribution in [1.29, 1.82) is 0 Å². The number of aromatic nitrogens is 2. The fraction of sp³-hybridized carbons (Fsp3) is 0.136. The van der Waals surface area contributed by atoms with Gasteiger partial charge in [0, 0.05) is 23.3 Å². The summed E-state index contributed by atoms with van der Waals surface area (Å²) in [6.07, 6.45) is 0. The summed E-state index contributed by atoms with van der Waals surface area (Å²) in [5.74, 6) is 0.771. The molecule has 1 N–H and O–H groups in total. The molecule has 28 heavy (non-hydrogen) atoms. The van der Waals surface area contributed by atoms with Crippen molar-refractivity contribution < 1.29 is 13.8 Å². The lowest BCUT2D eigenvalue weighted by Crippen LogP contribution is -2.22. The van der Waals surface area contributed by atoms with Crippen molar-refractivity contribution in [2.75, 3.05) is 0 Å². The standard InChI is InChI=1S/C22H19N3O3/c1-14-3-7-16(8-4-14)19-11-18(27-24-19)13-23-22(26)20-12-21(28-25-20)17-9-5-15(2)6-10-17/h3-12H,13H2,1-2H3,(H,23,26). The van der Waals surface area contributed by atoms with Crippen LogP contribution in [0.15, 0.2) is 69.7 Å². The van der Waals surface area contributed by atoms with Crippen LogP contribution in [0.4, 0.5) is 0 Å². The van der Waals surface area contributed by atoms with E-state index in [0.717, 1.165) is 22.4 Å². The Hall–Kier alpha value is -3.67. The minimum absolute atomic E-state index is 0.213. The number of amides is 1. The van der Waals surface area contributed by atoms with Gasteiger partial charge in [-0.25, -0.2) is 0 Å². The maximum absolute atomic E-state index is 12.3. The zero-order valence-electron chi connectivity index (χ0n) is 15.6. The average molecular weight is 373 g/mol. The highest BCUT2D eigenvalue weighted by Gasteiger charge is 2.15. The summed E-state index contributed by atoms with van der Waals surface area (Å²) in [5.41, 5.74) is 5.11. The highest BCUT2D eigenvalue weighted by molar-refractivity contribution is 5.93. The molecule has 0 bridgehead atoms. The van der Waals surface area contributed by atoms with Crippen LogP contribution in [-0.2, 0) is 6.54 Å². The van der Waals surface area contributed by atoms with Crippen molar-refractivity contribution in [3.8, 4) is 22.6 Å². The Bertz CT molecular complexity index is 1090. The minimum atomic E-state index is -0.338. The van der Waals surface area contributed by atoms with Gasteiger partial charge in [0.15, 0.2) is 17.2 Å². The molecule has 2 heterocycles. The van der Waals surface area contributed by atoms with E-state index in [2.05, 4.69) is 15.6 Å². The molecule has 4 aromatic rings. The first-order valence-corrected chi connectivity index (χ1v) is 8.93. The van der Waals surface area contributed by atoms with E-state index in [1.165, 1.54) is 5.56 Å². The van der Waals surface area contributed by atoms with Crippen LogP contribution >= 0.6 is 0 Å². The Morgan fingerprint density at radius 2 is 1.50 bits per heavy atom. The van der Waals surface area contributed by atoms with E-state index in [1.54, 1.807) is 6.07 Å². The molecule has 0 spiro atoms. The molecule has 0 unspecified atom stereocenters. The van der Waals surface area contributed by atoms with Gasteiger partial charge < -0.3 is 14.4 Å². The molecular formula is C22H19N3O3. The zero-order valence-corrected chi connectivity index (χ0v) is 15.6. The topological polar surface area (TPSA) is 81.2 Å². The summed E-state index contributed by atoms with van der Waals surface area (Å²) in [6.45, 7) is 4.25. The molecule has 2 aromatic heterocycles. The van der Waals surface area contributed by atoms with Crippen molar-refractivity contribution in [3.05, 3.63) is 83.2 Å². The van der Waals surface area contributed by atoms with Gasteiger partial charge in [0.25, 0.3) is 5.91 Å². The lowest BCUT2D eigenvalue weighted by molar-refractivity contribution is 0.0938. The smallest absolute Gasteiger partial charge is 0.273 e. The molecule has 0 radical (unpaired) electrons. The molecule has 0 fully saturated rings. The van der Waals surface area contributed by atoms with Gasteiger partial charge in [0.05, 0.1) is 6.54 Å². The second-order valence-electron chi connectivity index (χ2n) is 6.67. The van der Waals surface area contributed by atoms with Crippen molar-refractivity contribution >= 4 is 5.91 Å². The number of nitrogens with one attached hydrogen (secondary N) is 1. The van der Waals surface area contributed by atoms with E-state index in [1.807, 2.05) is 68.4 Å². The third-order valence-electron chi connectivity index (χ3n) is 4.41. The molecule has 1 amide bonds. The molecule has 140 valence electrons. The van der Waals surface area contributed by atoms with Gasteiger partial charge in [-0.05, 0) is 13.8 Å². The molecular weight excluding hydrogens is 354 g/mol. The molecule has 6 nitrogen and oxygen atoms in total. The van der Waals surface area contributed by atoms with Crippen LogP contribution in [0.2, 0.25) is 0 Å². The predicted molar refractivity (Wildman–Crippen MR) is 105 cm³/mol. The molecule has 2 aromatic carbocycles. The van der Waals surface area contributed by atoms with Gasteiger partial charge in [-0.3, -0.25) is 4.79 Å². The van der Waals surface area contributed by atoms with Gasteiger partial charge in [0.1, 0.15) is 5.69 Å². The molecule has 0 aliphatic carbocycles. The Morgan fingerprint density at radius 3 is 2.18 bits per heavy atom. The summed E-state index contributed by atoms with van der Waals surface area (Å²) in [4.78, 5) is 12.3. The molecule has 0 aliphatic heterocycles. The van der Waals surface area contributed by atoms with Crippen LogP contribution in [0, 0.1) is 13.8 Å². The fourth-order valence-electron chi connectivity index (χ4n) is 2.75. The van der Waals surface area contributed by atoms with Crippen LogP contribution < -0.4 is 5.32 Å². The second kappa shape index (κ2) is 7.52. The first-order valence-electron chi connectivity index (χ1n) is 8.93. The number of hydrogen-bond acceptors (Lipinski definition) is 5. The SMILES string of the molecule is Cc1ccc(-c2cc(CNC(=O)c3cc(-c4ccc(C)cc4)on3)on2)cc1. The van der Waals surface area contributed by atoms with Crippen LogP contribution in [-0.4, -0.2) is 16.2 Å². The molecule has 0 aliphatic rings. The summed E-state index contributed by atoms with van der Waals surface area (Å²) < 4.78 is 10.6. The number of carbonyl (C=O) groups is 1. The number of carbonyl (C=O) groups excluding carboxylic acids is 1. The number of aryl methyl sites for hydroxylation is 2. The van der Waals surface area contributed by atoms with Gasteiger partial charge in [-0.1, -0.05) is 70.0 Å². The monoisotopic (exact) mass is 373 g/mol. The molecule has 4 rings (SSSR count). The maximum atomic E-state index is 12.3. The van der Waals surface area contributed by atoms with E-state index in [9.17, 15) is 4.79 Å². The molecule has 0 saturated carbocycles. The van der Waals surface area contributed by atoms with Crippen molar-refractivity contribution in [1.82, 2.24) is 15.6 Å². The van der Waals surface area contributed by atoms with Crippen LogP contribution in [0.3, 0.4) is 0 Å². The van der Waals surface area contributed by atoms with E-state index in [4.69, 9.17) is 9.05 Å². The second-order valence-corrected chi connectivity index (χ2v) is 6.67. The summed E-state index contributed by atoms with van der Waals surface area (Å²) >= 11 is 0. The van der Waals surface area contributed by atoms with E-state index in [-0.39, 0.29) is 18.1 Å². The average Bonchev–Trinajstić information content (AvgIpc) is 3.37. The fourth-order valence-corrected chi connectivity index (χ4v) is 2.75. The quantitative estimate of drug-likeness (QED) is 0.555. The molecule has 0 atom stereocenters. The summed E-state index contributed by atoms with van der Waals surface area (Å²) in [6, 6.07) is 19.2. The number of nitrogens with zero attached hydrogens (tertiary/aromatic N) is 2. The zero-order chi connectivity index (χ0) is 19.5. The third kappa shape index (κ3) is 3.86. The lowest BCUT2D eigenvalue weighted by atomic mass is 10.1. The van der Waals surface area contributed by atoms with E-state index in [0.29, 0.717) is 11.5 Å². The maximum Gasteiger partial charge on any atom is 0.273 e. The molecule has 6 heteroatoms. The summed E-state index contributed by atoms with van der Waals surface area (Å²) in [5, 5.41) is 10.7. The first-order chi connectivity index (χ1) is 13.6. The Labute approximate surface area is 162 Å². The number of hydrogen-bond donors (Lipinski definition) is 1. The van der Waals surface area contributed by atoms with Crippen molar-refractivity contribution in [2.45, 2.75) is 20.4 Å². The highest BCUT2D eigenvalue weighted by Crippen LogP contribution is 2.21. The van der Waals surface area contributed by atoms with Gasteiger partial charge in [-0.2, -0.15) is 0 Å². The number of rotatable bonds is 5. The Kier molecular flexibility index (Phi) is 4.76. The largest absolute Gasteiger partial charge is 0.359 e. The normalized spacial score (nSPS) is 10.8. The van der Waals surface area contributed by atoms with Crippen LogP contribution in [0.5, 0.6) is 0 Å². The van der Waals surface area contributed by atoms with Gasteiger partial charge in [-0.15, -0.1) is 0 Å². The van der Waals surface area contributed by atoms with Crippen molar-refractivity contribution in [2.24, 2.45) is 0 Å². The predicted octanol–water partition coefficient (Wildman–Crippen LogP) is 4.54. The Morgan fingerprint density at radius 1 is 0.857 bits per heavy atom. The molecule has 0 saturated heterocycles. The number of benzene rings is 2. The van der Waals surface area contributed by atoms with Crippen molar-refractivity contribution in [3.63, 3.8) is 0 Å². The van der Waals surface area contributed by atoms with E-state index >= 15 is 0 Å². The van der Waals surface area contributed by atoms with E-state index < -0.39 is 0 Å². The van der Waals surface area contributed by atoms with Gasteiger partial charge >= 0.3 is 0 Å². The van der Waals surface area contributed by atoms with Gasteiger partial charge in [0.2, 0.25) is 0 Å². The Balaban J connectivity index is 1.40. The summed E-state index contributed by atoms with van der Waals surface area (Å²) in [7, 11) is 0. The highest BCUT2D eigenvalue weighted by atomic mass is 16.5. The first kappa shape index (κ1) is 17.7. The lowest BCUT2D eigenvalue weighted by Gasteiger charge is -1.98. The van der Waals surface area contributed by atoms with Crippen LogP contribution in [0.1, 0.15) is 27.4 Å². The third-order valence-corrected chi connectivity index (χ3v) is 4.41. The minimum Gasteiger partial charge on any atom is -0.359 e.